The van der Waals surface area contributed by atoms with E-state index in [9.17, 15) is 9.18 Å². The Hall–Kier alpha value is -4.00. The van der Waals surface area contributed by atoms with Crippen molar-refractivity contribution in [1.29, 1.82) is 0 Å². The van der Waals surface area contributed by atoms with Crippen LogP contribution in [0, 0.1) is 5.82 Å². The van der Waals surface area contributed by atoms with Gasteiger partial charge in [-0.25, -0.2) is 4.39 Å². The van der Waals surface area contributed by atoms with Gasteiger partial charge < -0.3 is 5.32 Å². The van der Waals surface area contributed by atoms with Crippen LogP contribution in [-0.4, -0.2) is 21.1 Å². The maximum atomic E-state index is 13.5. The van der Waals surface area contributed by atoms with Crippen molar-refractivity contribution in [3.05, 3.63) is 96.2 Å². The molecule has 0 aliphatic carbocycles. The Balaban J connectivity index is 1.67. The highest BCUT2D eigenvalue weighted by Gasteiger charge is 2.36. The maximum absolute atomic E-state index is 13.5. The third kappa shape index (κ3) is 2.93. The molecule has 1 amide bonds. The number of aromatic amines is 1. The molecule has 29 heavy (non-hydrogen) atoms. The van der Waals surface area contributed by atoms with E-state index in [0.717, 1.165) is 22.5 Å². The predicted molar refractivity (Wildman–Crippen MR) is 108 cm³/mol. The van der Waals surface area contributed by atoms with Crippen LogP contribution in [0.5, 0.6) is 0 Å². The number of aromatic nitrogens is 3. The van der Waals surface area contributed by atoms with Crippen LogP contribution in [0.3, 0.4) is 0 Å². The number of benzene rings is 2. The van der Waals surface area contributed by atoms with Crippen molar-refractivity contribution in [2.75, 3.05) is 10.2 Å². The Bertz CT molecular complexity index is 1170. The lowest BCUT2D eigenvalue weighted by Crippen LogP contribution is -2.43. The normalized spacial score (nSPS) is 15.7. The number of hydrogen-bond acceptors (Lipinski definition) is 4. The number of rotatable bonds is 3. The molecule has 0 fully saturated rings. The van der Waals surface area contributed by atoms with E-state index in [2.05, 4.69) is 20.5 Å². The molecule has 0 saturated carbocycles. The van der Waals surface area contributed by atoms with E-state index in [-0.39, 0.29) is 11.7 Å². The van der Waals surface area contributed by atoms with E-state index >= 15 is 0 Å². The summed E-state index contributed by atoms with van der Waals surface area (Å²) in [7, 11) is 0. The van der Waals surface area contributed by atoms with Gasteiger partial charge in [0.1, 0.15) is 12.0 Å². The molecule has 1 atom stereocenters. The number of fused-ring (bicyclic) bond motifs is 1. The van der Waals surface area contributed by atoms with Gasteiger partial charge in [-0.3, -0.25) is 19.8 Å². The molecule has 4 aromatic rings. The Morgan fingerprint density at radius 3 is 2.59 bits per heavy atom. The van der Waals surface area contributed by atoms with Crippen molar-refractivity contribution in [3.63, 3.8) is 0 Å². The minimum atomic E-state index is -0.531. The number of pyridine rings is 1. The quantitative estimate of drug-likeness (QED) is 0.549. The summed E-state index contributed by atoms with van der Waals surface area (Å²) in [6.07, 6.45) is 4.59. The summed E-state index contributed by atoms with van der Waals surface area (Å²) in [5.74, 6) is -0.531. The van der Waals surface area contributed by atoms with Crippen LogP contribution in [0.2, 0.25) is 0 Å². The first-order valence-electron chi connectivity index (χ1n) is 9.11. The molecule has 2 aromatic carbocycles. The highest BCUT2D eigenvalue weighted by atomic mass is 19.1. The second-order valence-electron chi connectivity index (χ2n) is 6.69. The molecule has 2 N–H and O–H groups in total. The summed E-state index contributed by atoms with van der Waals surface area (Å²) in [5.41, 5.74) is 4.27. The van der Waals surface area contributed by atoms with Crippen molar-refractivity contribution in [3.8, 4) is 11.3 Å². The molecule has 1 aliphatic heterocycles. The Morgan fingerprint density at radius 1 is 0.966 bits per heavy atom. The lowest BCUT2D eigenvalue weighted by Gasteiger charge is -2.38. The second-order valence-corrected chi connectivity index (χ2v) is 6.69. The highest BCUT2D eigenvalue weighted by Crippen LogP contribution is 2.39. The summed E-state index contributed by atoms with van der Waals surface area (Å²) >= 11 is 0. The first-order valence-corrected chi connectivity index (χ1v) is 9.11. The molecule has 7 heteroatoms. The average Bonchev–Trinajstić information content (AvgIpc) is 3.25. The largest absolute Gasteiger partial charge is 0.360 e. The van der Waals surface area contributed by atoms with Gasteiger partial charge in [-0.05, 0) is 48.5 Å². The van der Waals surface area contributed by atoms with Crippen molar-refractivity contribution in [1.82, 2.24) is 15.2 Å². The minimum Gasteiger partial charge on any atom is -0.360 e. The number of nitrogens with one attached hydrogen (secondary N) is 2. The third-order valence-electron chi connectivity index (χ3n) is 4.94. The van der Waals surface area contributed by atoms with Gasteiger partial charge in [-0.1, -0.05) is 12.1 Å². The van der Waals surface area contributed by atoms with Crippen LogP contribution in [-0.2, 0) is 0 Å². The fraction of sp³-hybridized carbons (Fsp3) is 0.0455. The SMILES string of the molecule is O=C1c2ccccc2N[C@H](c2cn[nH]c2-c2cccnc2)N1c1ccc(F)cc1. The molecule has 142 valence electrons. The van der Waals surface area contributed by atoms with Gasteiger partial charge in [0.25, 0.3) is 5.91 Å². The van der Waals surface area contributed by atoms with E-state index in [1.54, 1.807) is 41.7 Å². The molecule has 0 saturated heterocycles. The summed E-state index contributed by atoms with van der Waals surface area (Å²) in [4.78, 5) is 19.2. The molecule has 0 radical (unpaired) electrons. The zero-order chi connectivity index (χ0) is 19.8. The number of carbonyl (C=O) groups is 1. The molecular weight excluding hydrogens is 369 g/mol. The molecule has 1 aliphatic rings. The molecule has 3 heterocycles. The molecule has 5 rings (SSSR count). The van der Waals surface area contributed by atoms with Crippen molar-refractivity contribution >= 4 is 17.3 Å². The molecule has 0 bridgehead atoms. The minimum absolute atomic E-state index is 0.172. The number of carbonyl (C=O) groups excluding carboxylic acids is 1. The second kappa shape index (κ2) is 6.87. The highest BCUT2D eigenvalue weighted by molar-refractivity contribution is 6.12. The Labute approximate surface area is 166 Å². The van der Waals surface area contributed by atoms with Gasteiger partial charge in [0.15, 0.2) is 0 Å². The van der Waals surface area contributed by atoms with Crippen LogP contribution < -0.4 is 10.2 Å². The van der Waals surface area contributed by atoms with Crippen molar-refractivity contribution in [2.45, 2.75) is 6.17 Å². The topological polar surface area (TPSA) is 73.9 Å². The Kier molecular flexibility index (Phi) is 4.05. The number of amides is 1. The van der Waals surface area contributed by atoms with Crippen LogP contribution in [0.25, 0.3) is 11.3 Å². The average molecular weight is 385 g/mol. The van der Waals surface area contributed by atoms with Crippen molar-refractivity contribution in [2.24, 2.45) is 0 Å². The van der Waals surface area contributed by atoms with Crippen molar-refractivity contribution < 1.29 is 9.18 Å². The first-order chi connectivity index (χ1) is 14.2. The lowest BCUT2D eigenvalue weighted by molar-refractivity contribution is 0.0975. The summed E-state index contributed by atoms with van der Waals surface area (Å²) < 4.78 is 13.5. The van der Waals surface area contributed by atoms with E-state index in [0.29, 0.717) is 11.3 Å². The molecule has 0 spiro atoms. The predicted octanol–water partition coefficient (Wildman–Crippen LogP) is 4.38. The molecule has 6 nitrogen and oxygen atoms in total. The number of hydrogen-bond donors (Lipinski definition) is 2. The summed E-state index contributed by atoms with van der Waals surface area (Å²) in [5, 5.41) is 10.7. The fourth-order valence-corrected chi connectivity index (χ4v) is 3.58. The third-order valence-corrected chi connectivity index (χ3v) is 4.94. The van der Waals surface area contributed by atoms with Gasteiger partial charge in [-0.2, -0.15) is 5.10 Å². The van der Waals surface area contributed by atoms with Crippen LogP contribution in [0.4, 0.5) is 15.8 Å². The number of nitrogens with zero attached hydrogens (tertiary/aromatic N) is 3. The van der Waals surface area contributed by atoms with E-state index in [4.69, 9.17) is 0 Å². The lowest BCUT2D eigenvalue weighted by atomic mass is 10.0. The van der Waals surface area contributed by atoms with Crippen LogP contribution >= 0.6 is 0 Å². The zero-order valence-corrected chi connectivity index (χ0v) is 15.2. The van der Waals surface area contributed by atoms with Crippen LogP contribution in [0.1, 0.15) is 22.1 Å². The number of anilines is 2. The van der Waals surface area contributed by atoms with Crippen LogP contribution in [0.15, 0.2) is 79.3 Å². The smallest absolute Gasteiger partial charge is 0.262 e. The molecule has 2 aromatic heterocycles. The zero-order valence-electron chi connectivity index (χ0n) is 15.2. The monoisotopic (exact) mass is 385 g/mol. The maximum Gasteiger partial charge on any atom is 0.262 e. The standard InChI is InChI=1S/C22H16FN5O/c23-15-7-9-16(10-8-15)28-21(26-19-6-2-1-5-17(19)22(28)29)18-13-25-27-20(18)14-4-3-11-24-12-14/h1-13,21,26H,(H,25,27)/t21-/m0/s1. The molecule has 0 unspecified atom stereocenters. The number of para-hydroxylation sites is 1. The van der Waals surface area contributed by atoms with E-state index in [1.165, 1.54) is 12.1 Å². The van der Waals surface area contributed by atoms with Gasteiger partial charge in [0, 0.05) is 34.9 Å². The van der Waals surface area contributed by atoms with Gasteiger partial charge in [-0.15, -0.1) is 0 Å². The summed E-state index contributed by atoms with van der Waals surface area (Å²) in [6.45, 7) is 0. The number of halogens is 1. The van der Waals surface area contributed by atoms with Gasteiger partial charge in [0.2, 0.25) is 0 Å². The first kappa shape index (κ1) is 17.1. The van der Waals surface area contributed by atoms with Gasteiger partial charge in [0.05, 0.1) is 17.5 Å². The van der Waals surface area contributed by atoms with Gasteiger partial charge >= 0.3 is 0 Å². The van der Waals surface area contributed by atoms with E-state index < -0.39 is 6.17 Å². The fourth-order valence-electron chi connectivity index (χ4n) is 3.58. The number of H-pyrrole nitrogens is 1. The summed E-state index contributed by atoms with van der Waals surface area (Å²) in [6, 6.07) is 17.0. The molecular formula is C22H16FN5O. The Morgan fingerprint density at radius 2 is 1.79 bits per heavy atom. The van der Waals surface area contributed by atoms with E-state index in [1.807, 2.05) is 30.3 Å².